The minimum atomic E-state index is -1.01. The van der Waals surface area contributed by atoms with Gasteiger partial charge >= 0.3 is 0 Å². The number of hydrogen-bond acceptors (Lipinski definition) is 6. The van der Waals surface area contributed by atoms with E-state index in [0.717, 1.165) is 0 Å². The number of ether oxygens (including phenoxy) is 1. The van der Waals surface area contributed by atoms with Crippen LogP contribution in [-0.4, -0.2) is 32.5 Å². The topological polar surface area (TPSA) is 128 Å². The molecule has 6 N–H and O–H groups in total. The monoisotopic (exact) mass is 266 g/mol. The van der Waals surface area contributed by atoms with Crippen LogP contribution >= 0.6 is 0 Å². The maximum Gasteiger partial charge on any atom is 0.204 e. The second-order valence-electron chi connectivity index (χ2n) is 4.62. The Labute approximate surface area is 110 Å². The van der Waals surface area contributed by atoms with Gasteiger partial charge in [-0.2, -0.15) is 0 Å². The number of aliphatic hydroxyl groups is 1. The van der Waals surface area contributed by atoms with Gasteiger partial charge in [0.1, 0.15) is 12.0 Å². The van der Waals surface area contributed by atoms with E-state index in [-0.39, 0.29) is 17.4 Å². The van der Waals surface area contributed by atoms with E-state index in [9.17, 15) is 10.2 Å². The zero-order chi connectivity index (χ0) is 14.3. The second-order valence-corrected chi connectivity index (χ2v) is 4.62. The number of nitrogens with two attached hydrogens (primary N) is 1. The molecule has 0 radical (unpaired) electrons. The van der Waals surface area contributed by atoms with E-state index in [1.165, 1.54) is 11.5 Å². The molecule has 0 aromatic carbocycles. The highest BCUT2D eigenvalue weighted by molar-refractivity contribution is 6.19. The summed E-state index contributed by atoms with van der Waals surface area (Å²) >= 11 is 0. The number of aliphatic hydroxyl groups excluding tert-OH is 1. The van der Waals surface area contributed by atoms with Gasteiger partial charge in [-0.3, -0.25) is 4.57 Å². The molecule has 0 bridgehead atoms. The third-order valence-electron chi connectivity index (χ3n) is 3.20. The van der Waals surface area contributed by atoms with Crippen molar-refractivity contribution in [1.29, 1.82) is 10.8 Å². The number of anilines is 1. The Morgan fingerprint density at radius 2 is 1.74 bits per heavy atom. The Kier molecular flexibility index (Phi) is 3.34. The first-order chi connectivity index (χ1) is 8.84. The summed E-state index contributed by atoms with van der Waals surface area (Å²) in [5, 5.41) is 35.2. The number of aromatic hydroxyl groups is 1. The maximum absolute atomic E-state index is 10.2. The maximum atomic E-state index is 10.2. The van der Waals surface area contributed by atoms with Crippen molar-refractivity contribution < 1.29 is 14.9 Å². The van der Waals surface area contributed by atoms with Gasteiger partial charge in [0.15, 0.2) is 6.29 Å². The Hall–Kier alpha value is -1.86. The molecule has 2 atom stereocenters. The van der Waals surface area contributed by atoms with Crippen molar-refractivity contribution in [3.05, 3.63) is 11.1 Å². The van der Waals surface area contributed by atoms with E-state index < -0.39 is 12.5 Å². The van der Waals surface area contributed by atoms with Gasteiger partial charge in [-0.05, 0) is 26.7 Å². The average Bonchev–Trinajstić information content (AvgIpc) is 2.56. The normalized spacial score (nSPS) is 18.3. The van der Waals surface area contributed by atoms with Crippen molar-refractivity contribution in [2.75, 3.05) is 5.73 Å². The zero-order valence-electron chi connectivity index (χ0n) is 10.9. The first-order valence-electron chi connectivity index (χ1n) is 6.06. The van der Waals surface area contributed by atoms with E-state index in [0.29, 0.717) is 29.7 Å². The molecule has 1 aromatic rings. The van der Waals surface area contributed by atoms with Crippen LogP contribution in [0.25, 0.3) is 0 Å². The molecule has 7 heteroatoms. The highest BCUT2D eigenvalue weighted by atomic mass is 16.6. The lowest BCUT2D eigenvalue weighted by Crippen LogP contribution is -2.18. The Balaban J connectivity index is 2.56. The van der Waals surface area contributed by atoms with Gasteiger partial charge in [-0.25, -0.2) is 0 Å². The number of aromatic nitrogens is 1. The number of hydrogen-bond donors (Lipinski definition) is 5. The van der Waals surface area contributed by atoms with Crippen LogP contribution in [0.1, 0.15) is 44.0 Å². The molecule has 0 saturated carbocycles. The van der Waals surface area contributed by atoms with Gasteiger partial charge in [-0.1, -0.05) is 0 Å². The van der Waals surface area contributed by atoms with Gasteiger partial charge in [-0.15, -0.1) is 0 Å². The lowest BCUT2D eigenvalue weighted by atomic mass is 9.91. The zero-order valence-corrected chi connectivity index (χ0v) is 10.9. The molecule has 104 valence electrons. The summed E-state index contributed by atoms with van der Waals surface area (Å²) in [6.07, 6.45) is -0.849. The largest absolute Gasteiger partial charge is 0.494 e. The molecule has 0 aliphatic heterocycles. The second kappa shape index (κ2) is 4.67. The molecule has 0 fully saturated rings. The highest BCUT2D eigenvalue weighted by Gasteiger charge is 2.31. The Bertz CT molecular complexity index is 508. The van der Waals surface area contributed by atoms with E-state index >= 15 is 0 Å². The van der Waals surface area contributed by atoms with Crippen molar-refractivity contribution in [2.24, 2.45) is 0 Å². The molecule has 0 saturated heterocycles. The predicted molar refractivity (Wildman–Crippen MR) is 70.9 cm³/mol. The first-order valence-corrected chi connectivity index (χ1v) is 6.06. The fourth-order valence-corrected chi connectivity index (χ4v) is 2.40. The van der Waals surface area contributed by atoms with Crippen LogP contribution in [0.5, 0.6) is 5.88 Å². The average molecular weight is 266 g/mol. The summed E-state index contributed by atoms with van der Waals surface area (Å²) < 4.78 is 6.48. The molecule has 19 heavy (non-hydrogen) atoms. The summed E-state index contributed by atoms with van der Waals surface area (Å²) in [6.45, 7) is 3.08. The van der Waals surface area contributed by atoms with Crippen molar-refractivity contribution in [3.8, 4) is 5.88 Å². The highest BCUT2D eigenvalue weighted by Crippen LogP contribution is 2.38. The van der Waals surface area contributed by atoms with Crippen LogP contribution in [0.15, 0.2) is 0 Å². The molecule has 0 amide bonds. The van der Waals surface area contributed by atoms with E-state index in [4.69, 9.17) is 21.3 Å². The van der Waals surface area contributed by atoms with Crippen molar-refractivity contribution in [1.82, 2.24) is 4.57 Å². The fraction of sp³-hybridized carbons (Fsp3) is 0.500. The number of nitrogens with one attached hydrogen (secondary N) is 2. The molecule has 1 aliphatic carbocycles. The predicted octanol–water partition coefficient (Wildman–Crippen LogP) is 1.18. The van der Waals surface area contributed by atoms with Gasteiger partial charge in [0.25, 0.3) is 0 Å². The third kappa shape index (κ3) is 2.11. The van der Waals surface area contributed by atoms with Crippen molar-refractivity contribution in [2.45, 2.75) is 39.2 Å². The molecule has 2 unspecified atom stereocenters. The summed E-state index contributed by atoms with van der Waals surface area (Å²) in [4.78, 5) is 0. The number of nitrogen functional groups attached to an aromatic ring is 1. The fourth-order valence-electron chi connectivity index (χ4n) is 2.40. The quantitative estimate of drug-likeness (QED) is 0.526. The smallest absolute Gasteiger partial charge is 0.204 e. The standard InChI is InChI=1S/C12H18N4O3/c1-5(19-6(2)17)16-11(15)9-7(13)3-4-8(14)10(9)12(16)18/h5-6,13-14,17-18H,3-4,15H2,1-2H3. The van der Waals surface area contributed by atoms with Gasteiger partial charge in [0.2, 0.25) is 5.88 Å². The van der Waals surface area contributed by atoms with Crippen LogP contribution in [0, 0.1) is 10.8 Å². The number of fused-ring (bicyclic) bond motifs is 1. The third-order valence-corrected chi connectivity index (χ3v) is 3.20. The molecule has 1 aliphatic rings. The first kappa shape index (κ1) is 13.6. The lowest BCUT2D eigenvalue weighted by Gasteiger charge is -2.19. The molecule has 1 aromatic heterocycles. The van der Waals surface area contributed by atoms with Crippen molar-refractivity contribution >= 4 is 17.2 Å². The van der Waals surface area contributed by atoms with Crippen LogP contribution in [0.3, 0.4) is 0 Å². The summed E-state index contributed by atoms with van der Waals surface area (Å²) in [6, 6.07) is 0. The molecule has 1 heterocycles. The number of rotatable bonds is 3. The summed E-state index contributed by atoms with van der Waals surface area (Å²) in [7, 11) is 0. The summed E-state index contributed by atoms with van der Waals surface area (Å²) in [5.74, 6) is 0.00481. The SMILES string of the molecule is CC(O)OC(C)n1c(N)c2c(c1O)C(=N)CCC2=N. The van der Waals surface area contributed by atoms with Crippen LogP contribution < -0.4 is 5.73 Å². The van der Waals surface area contributed by atoms with Crippen LogP contribution in [0.4, 0.5) is 5.82 Å². The Morgan fingerprint density at radius 3 is 2.21 bits per heavy atom. The van der Waals surface area contributed by atoms with E-state index in [2.05, 4.69) is 0 Å². The molecule has 7 nitrogen and oxygen atoms in total. The van der Waals surface area contributed by atoms with Gasteiger partial charge in [0.05, 0.1) is 11.1 Å². The molecular formula is C12H18N4O3. The molecular weight excluding hydrogens is 248 g/mol. The van der Waals surface area contributed by atoms with Crippen LogP contribution in [0.2, 0.25) is 0 Å². The minimum absolute atomic E-state index is 0.185. The van der Waals surface area contributed by atoms with E-state index in [1.807, 2.05) is 0 Å². The number of nitrogens with zero attached hydrogens (tertiary/aromatic N) is 1. The summed E-state index contributed by atoms with van der Waals surface area (Å²) in [5.41, 5.74) is 7.23. The molecule has 2 rings (SSSR count). The molecule has 0 spiro atoms. The van der Waals surface area contributed by atoms with Crippen LogP contribution in [-0.2, 0) is 4.74 Å². The van der Waals surface area contributed by atoms with E-state index in [1.54, 1.807) is 6.92 Å². The van der Waals surface area contributed by atoms with Crippen molar-refractivity contribution in [3.63, 3.8) is 0 Å². The van der Waals surface area contributed by atoms with Gasteiger partial charge < -0.3 is 31.5 Å². The lowest BCUT2D eigenvalue weighted by molar-refractivity contribution is -0.143. The minimum Gasteiger partial charge on any atom is -0.494 e. The Morgan fingerprint density at radius 1 is 1.21 bits per heavy atom. The van der Waals surface area contributed by atoms with Gasteiger partial charge in [0, 0.05) is 11.4 Å².